The molecule has 3 rings (SSSR count). The Morgan fingerprint density at radius 3 is 2.55 bits per heavy atom. The second-order valence-corrected chi connectivity index (χ2v) is 7.62. The van der Waals surface area contributed by atoms with Crippen molar-refractivity contribution in [3.05, 3.63) is 75.8 Å². The van der Waals surface area contributed by atoms with Gasteiger partial charge in [0, 0.05) is 30.4 Å². The van der Waals surface area contributed by atoms with Gasteiger partial charge in [-0.1, -0.05) is 16.6 Å². The van der Waals surface area contributed by atoms with Crippen LogP contribution in [0.3, 0.4) is 0 Å². The topological polar surface area (TPSA) is 101 Å². The normalized spacial score (nSPS) is 10.7. The van der Waals surface area contributed by atoms with E-state index in [0.717, 1.165) is 29.2 Å². The monoisotopic (exact) mass is 445 g/mol. The van der Waals surface area contributed by atoms with E-state index in [2.05, 4.69) is 14.9 Å². The zero-order chi connectivity index (χ0) is 22.4. The van der Waals surface area contributed by atoms with Crippen LogP contribution in [0.2, 0.25) is 0 Å². The van der Waals surface area contributed by atoms with Gasteiger partial charge in [-0.15, -0.1) is 5.10 Å². The van der Waals surface area contributed by atoms with Crippen LogP contribution in [0, 0.1) is 18.6 Å². The molecule has 1 heterocycles. The van der Waals surface area contributed by atoms with Gasteiger partial charge < -0.3 is 16.0 Å². The lowest BCUT2D eigenvalue weighted by molar-refractivity contribution is 0.0741. The molecule has 7 nitrogen and oxygen atoms in total. The molecule has 0 aliphatic heterocycles. The van der Waals surface area contributed by atoms with E-state index < -0.39 is 17.5 Å². The number of benzene rings is 2. The molecule has 3 aromatic rings. The van der Waals surface area contributed by atoms with Gasteiger partial charge in [0.1, 0.15) is 16.5 Å². The molecule has 0 aliphatic rings. The van der Waals surface area contributed by atoms with Crippen molar-refractivity contribution in [1.29, 1.82) is 0 Å². The van der Waals surface area contributed by atoms with Gasteiger partial charge in [0.2, 0.25) is 0 Å². The van der Waals surface area contributed by atoms with E-state index in [0.29, 0.717) is 41.8 Å². The molecule has 2 amide bonds. The van der Waals surface area contributed by atoms with E-state index in [-0.39, 0.29) is 18.0 Å². The predicted octanol–water partition coefficient (Wildman–Crippen LogP) is 3.37. The molecule has 3 N–H and O–H groups in total. The molecular formula is C21H21F2N5O2S. The van der Waals surface area contributed by atoms with Gasteiger partial charge in [0.25, 0.3) is 11.8 Å². The van der Waals surface area contributed by atoms with Crippen LogP contribution in [0.4, 0.5) is 14.5 Å². The maximum Gasteiger partial charge on any atom is 0.269 e. The molecule has 0 unspecified atom stereocenters. The van der Waals surface area contributed by atoms with Crippen LogP contribution in [-0.2, 0) is 6.54 Å². The fourth-order valence-corrected chi connectivity index (χ4v) is 3.54. The minimum atomic E-state index is -0.820. The number of nitrogens with zero attached hydrogens (tertiary/aromatic N) is 3. The van der Waals surface area contributed by atoms with E-state index in [1.807, 2.05) is 0 Å². The Bertz CT molecular complexity index is 1070. The Hall–Kier alpha value is -3.24. The molecule has 0 bridgehead atoms. The molecular weight excluding hydrogens is 424 g/mol. The number of hydrogen-bond donors (Lipinski definition) is 2. The highest BCUT2D eigenvalue weighted by molar-refractivity contribution is 7.08. The predicted molar refractivity (Wildman–Crippen MR) is 114 cm³/mol. The summed E-state index contributed by atoms with van der Waals surface area (Å²) >= 11 is 1.01. The van der Waals surface area contributed by atoms with E-state index in [9.17, 15) is 18.4 Å². The van der Waals surface area contributed by atoms with E-state index >= 15 is 0 Å². The summed E-state index contributed by atoms with van der Waals surface area (Å²) in [6.45, 7) is 2.56. The van der Waals surface area contributed by atoms with Crippen molar-refractivity contribution in [2.24, 2.45) is 5.73 Å². The van der Waals surface area contributed by atoms with Crippen LogP contribution in [0.5, 0.6) is 0 Å². The first-order valence-electron chi connectivity index (χ1n) is 9.52. The summed E-state index contributed by atoms with van der Waals surface area (Å²) in [5, 5.41) is 6.61. The third-order valence-electron chi connectivity index (χ3n) is 4.44. The molecule has 0 atom stereocenters. The van der Waals surface area contributed by atoms with Gasteiger partial charge in [-0.05, 0) is 61.3 Å². The molecule has 0 spiro atoms. The fraction of sp³-hybridized carbons (Fsp3) is 0.238. The molecule has 31 heavy (non-hydrogen) atoms. The van der Waals surface area contributed by atoms with Crippen LogP contribution in [0.25, 0.3) is 0 Å². The first-order chi connectivity index (χ1) is 14.9. The second kappa shape index (κ2) is 10.2. The number of aromatic nitrogens is 2. The van der Waals surface area contributed by atoms with Gasteiger partial charge in [-0.2, -0.15) is 0 Å². The molecule has 0 saturated carbocycles. The van der Waals surface area contributed by atoms with Gasteiger partial charge in [-0.3, -0.25) is 9.59 Å². The van der Waals surface area contributed by atoms with Crippen LogP contribution in [0.15, 0.2) is 42.5 Å². The Morgan fingerprint density at radius 2 is 1.90 bits per heavy atom. The van der Waals surface area contributed by atoms with Crippen LogP contribution >= 0.6 is 11.5 Å². The largest absolute Gasteiger partial charge is 0.334 e. The number of nitrogens with one attached hydrogen (secondary N) is 1. The second-order valence-electron chi connectivity index (χ2n) is 6.87. The molecule has 2 aromatic carbocycles. The van der Waals surface area contributed by atoms with Crippen LogP contribution in [0.1, 0.15) is 37.7 Å². The maximum atomic E-state index is 13.6. The number of nitrogens with two attached hydrogens (primary N) is 1. The van der Waals surface area contributed by atoms with E-state index in [1.165, 1.54) is 4.90 Å². The lowest BCUT2D eigenvalue weighted by Gasteiger charge is -2.23. The number of aryl methyl sites for hydroxylation is 1. The first kappa shape index (κ1) is 22.4. The highest BCUT2D eigenvalue weighted by atomic mass is 32.1. The summed E-state index contributed by atoms with van der Waals surface area (Å²) in [5.74, 6) is -2.47. The summed E-state index contributed by atoms with van der Waals surface area (Å²) in [7, 11) is 0. The van der Waals surface area contributed by atoms with Crippen LogP contribution in [-0.4, -0.2) is 39.4 Å². The van der Waals surface area contributed by atoms with Crippen molar-refractivity contribution in [2.45, 2.75) is 19.9 Å². The van der Waals surface area contributed by atoms with Crippen molar-refractivity contribution in [3.63, 3.8) is 0 Å². The van der Waals surface area contributed by atoms with Gasteiger partial charge in [-0.25, -0.2) is 8.78 Å². The third kappa shape index (κ3) is 5.89. The van der Waals surface area contributed by atoms with E-state index in [1.54, 1.807) is 31.2 Å². The number of anilines is 1. The number of hydrogen-bond acceptors (Lipinski definition) is 6. The highest BCUT2D eigenvalue weighted by Crippen LogP contribution is 2.18. The Kier molecular flexibility index (Phi) is 7.37. The minimum absolute atomic E-state index is 0.0767. The number of halogens is 2. The number of carbonyl (C=O) groups excluding carboxylic acids is 2. The maximum absolute atomic E-state index is 13.6. The van der Waals surface area contributed by atoms with E-state index in [4.69, 9.17) is 5.73 Å². The molecule has 0 radical (unpaired) electrons. The lowest BCUT2D eigenvalue weighted by atomic mass is 10.1. The van der Waals surface area contributed by atoms with Crippen molar-refractivity contribution in [1.82, 2.24) is 14.5 Å². The summed E-state index contributed by atoms with van der Waals surface area (Å²) < 4.78 is 30.9. The Balaban J connectivity index is 1.78. The molecule has 162 valence electrons. The van der Waals surface area contributed by atoms with Gasteiger partial charge in [0.15, 0.2) is 0 Å². The summed E-state index contributed by atoms with van der Waals surface area (Å²) in [6, 6.07) is 9.72. The van der Waals surface area contributed by atoms with Crippen LogP contribution < -0.4 is 11.1 Å². The SMILES string of the molecule is Cc1nnsc1C(=O)Nc1cccc(CN(CCCN)C(=O)c2cc(F)cc(F)c2)c1. The summed E-state index contributed by atoms with van der Waals surface area (Å²) in [6.07, 6.45) is 0.525. The lowest BCUT2D eigenvalue weighted by Crippen LogP contribution is -2.32. The quantitative estimate of drug-likeness (QED) is 0.554. The standard InChI is InChI=1S/C21H21F2N5O2S/c1-13-19(31-27-26-13)20(29)25-18-5-2-4-14(8-18)12-28(7-3-6-24)21(30)15-9-16(22)11-17(23)10-15/h2,4-5,8-11H,3,6-7,12,24H2,1H3,(H,25,29). The van der Waals surface area contributed by atoms with Gasteiger partial charge in [0.05, 0.1) is 5.69 Å². The molecule has 0 saturated heterocycles. The summed E-state index contributed by atoms with van der Waals surface area (Å²) in [5.41, 5.74) is 7.32. The number of carbonyl (C=O) groups is 2. The highest BCUT2D eigenvalue weighted by Gasteiger charge is 2.18. The smallest absolute Gasteiger partial charge is 0.269 e. The van der Waals surface area contributed by atoms with Crippen molar-refractivity contribution < 1.29 is 18.4 Å². The molecule has 10 heteroatoms. The zero-order valence-corrected chi connectivity index (χ0v) is 17.6. The fourth-order valence-electron chi connectivity index (χ4n) is 2.99. The van der Waals surface area contributed by atoms with Crippen molar-refractivity contribution >= 4 is 29.0 Å². The molecule has 1 aromatic heterocycles. The Labute approximate surface area is 182 Å². The van der Waals surface area contributed by atoms with Gasteiger partial charge >= 0.3 is 0 Å². The average Bonchev–Trinajstić information content (AvgIpc) is 3.16. The minimum Gasteiger partial charge on any atom is -0.334 e. The first-order valence-corrected chi connectivity index (χ1v) is 10.3. The third-order valence-corrected chi connectivity index (χ3v) is 5.27. The van der Waals surface area contributed by atoms with Crippen molar-refractivity contribution in [2.75, 3.05) is 18.4 Å². The zero-order valence-electron chi connectivity index (χ0n) is 16.8. The molecule has 0 aliphatic carbocycles. The van der Waals surface area contributed by atoms with Crippen molar-refractivity contribution in [3.8, 4) is 0 Å². The summed E-state index contributed by atoms with van der Waals surface area (Å²) in [4.78, 5) is 27.2. The number of amides is 2. The Morgan fingerprint density at radius 1 is 1.16 bits per heavy atom. The average molecular weight is 445 g/mol. The molecule has 0 fully saturated rings. The number of rotatable bonds is 8.